The molecule has 0 aromatic heterocycles. The van der Waals surface area contributed by atoms with E-state index in [9.17, 15) is 4.79 Å². The molecule has 0 bridgehead atoms. The Morgan fingerprint density at radius 1 is 1.08 bits per heavy atom. The zero-order valence-corrected chi connectivity index (χ0v) is 17.2. The number of nitrogens with two attached hydrogens (primary N) is 1. The second-order valence-corrected chi connectivity index (χ2v) is 5.86. The van der Waals surface area contributed by atoms with Gasteiger partial charge in [0, 0.05) is 44.0 Å². The van der Waals surface area contributed by atoms with Gasteiger partial charge in [-0.25, -0.2) is 0 Å². The number of carbonyl (C=O) groups is 1. The molecule has 1 aromatic rings. The zero-order valence-electron chi connectivity index (χ0n) is 14.8. The third-order valence-electron chi connectivity index (χ3n) is 4.25. The van der Waals surface area contributed by atoms with Crippen molar-refractivity contribution >= 4 is 48.8 Å². The Morgan fingerprint density at radius 2 is 1.72 bits per heavy atom. The molecule has 25 heavy (non-hydrogen) atoms. The van der Waals surface area contributed by atoms with Crippen LogP contribution in [-0.2, 0) is 0 Å². The van der Waals surface area contributed by atoms with Crippen molar-refractivity contribution in [2.45, 2.75) is 19.8 Å². The van der Waals surface area contributed by atoms with Crippen LogP contribution >= 0.6 is 37.2 Å². The number of unbranched alkanes of at least 4 members (excludes halogenated alkanes) is 1. The van der Waals surface area contributed by atoms with Gasteiger partial charge >= 0.3 is 0 Å². The minimum atomic E-state index is -0.0381. The molecule has 1 saturated heterocycles. The fourth-order valence-electron chi connectivity index (χ4n) is 2.77. The quantitative estimate of drug-likeness (QED) is 0.533. The van der Waals surface area contributed by atoms with E-state index < -0.39 is 0 Å². The van der Waals surface area contributed by atoms with Gasteiger partial charge in [-0.15, -0.1) is 37.2 Å². The Bertz CT molecular complexity index is 483. The van der Waals surface area contributed by atoms with Crippen molar-refractivity contribution in [3.63, 3.8) is 0 Å². The van der Waals surface area contributed by atoms with E-state index in [1.165, 1.54) is 26.2 Å². The van der Waals surface area contributed by atoms with Gasteiger partial charge in [0.15, 0.2) is 0 Å². The zero-order chi connectivity index (χ0) is 15.8. The molecule has 1 heterocycles. The van der Waals surface area contributed by atoms with Crippen molar-refractivity contribution in [1.82, 2.24) is 15.1 Å². The average molecular weight is 414 g/mol. The molecule has 1 aromatic carbocycles. The van der Waals surface area contributed by atoms with Crippen LogP contribution in [0, 0.1) is 0 Å². The number of benzene rings is 1. The number of hydrogen-bond acceptors (Lipinski definition) is 4. The lowest BCUT2D eigenvalue weighted by Crippen LogP contribution is -2.46. The molecule has 0 radical (unpaired) electrons. The smallest absolute Gasteiger partial charge is 0.251 e. The van der Waals surface area contributed by atoms with Crippen molar-refractivity contribution in [1.29, 1.82) is 0 Å². The molecule has 3 N–H and O–H groups in total. The molecular formula is C17H31Cl3N4O. The number of hydrogen-bond donors (Lipinski definition) is 2. The summed E-state index contributed by atoms with van der Waals surface area (Å²) >= 11 is 0. The van der Waals surface area contributed by atoms with Crippen LogP contribution in [-0.4, -0.2) is 61.5 Å². The van der Waals surface area contributed by atoms with Gasteiger partial charge < -0.3 is 20.9 Å². The van der Waals surface area contributed by atoms with Gasteiger partial charge in [0.1, 0.15) is 0 Å². The molecule has 5 nitrogen and oxygen atoms in total. The fourth-order valence-corrected chi connectivity index (χ4v) is 2.77. The Labute approximate surface area is 169 Å². The number of piperazine rings is 1. The third-order valence-corrected chi connectivity index (χ3v) is 4.25. The molecule has 0 atom stereocenters. The molecule has 1 aliphatic heterocycles. The molecule has 2 rings (SSSR count). The summed E-state index contributed by atoms with van der Waals surface area (Å²) in [4.78, 5) is 17.0. The number of nitrogens with one attached hydrogen (secondary N) is 1. The first-order valence-corrected chi connectivity index (χ1v) is 8.27. The summed E-state index contributed by atoms with van der Waals surface area (Å²) in [5.41, 5.74) is 6.95. The summed E-state index contributed by atoms with van der Waals surface area (Å²) in [6.45, 7) is 9.94. The summed E-state index contributed by atoms with van der Waals surface area (Å²) in [6, 6.07) is 7.09. The van der Waals surface area contributed by atoms with Crippen molar-refractivity contribution in [3.8, 4) is 0 Å². The molecule has 1 aliphatic rings. The maximum absolute atomic E-state index is 11.9. The molecule has 0 unspecified atom stereocenters. The van der Waals surface area contributed by atoms with Crippen LogP contribution in [0.3, 0.4) is 0 Å². The van der Waals surface area contributed by atoms with E-state index in [0.29, 0.717) is 11.3 Å². The van der Waals surface area contributed by atoms with E-state index in [2.05, 4.69) is 22.0 Å². The van der Waals surface area contributed by atoms with Gasteiger partial charge in [-0.2, -0.15) is 0 Å². The van der Waals surface area contributed by atoms with E-state index in [1.54, 1.807) is 24.3 Å². The Kier molecular flexibility index (Phi) is 15.3. The normalized spacial score (nSPS) is 14.6. The highest BCUT2D eigenvalue weighted by Gasteiger charge is 2.14. The average Bonchev–Trinajstić information content (AvgIpc) is 2.55. The standard InChI is InChI=1S/C17H28N4O.3ClH/c1-2-20-10-12-21(13-11-20)9-4-3-8-19-17(22)15-6-5-7-16(18)14-15;;;/h5-7,14H,2-4,8-13,18H2,1H3,(H,19,22);3*1H. The van der Waals surface area contributed by atoms with Gasteiger partial charge in [-0.1, -0.05) is 13.0 Å². The van der Waals surface area contributed by atoms with Crippen molar-refractivity contribution in [2.24, 2.45) is 0 Å². The summed E-state index contributed by atoms with van der Waals surface area (Å²) in [5, 5.41) is 2.96. The summed E-state index contributed by atoms with van der Waals surface area (Å²) in [6.07, 6.45) is 2.14. The van der Waals surface area contributed by atoms with Gasteiger partial charge in [-0.3, -0.25) is 4.79 Å². The summed E-state index contributed by atoms with van der Waals surface area (Å²) in [7, 11) is 0. The van der Waals surface area contributed by atoms with Crippen LogP contribution < -0.4 is 11.1 Å². The van der Waals surface area contributed by atoms with Gasteiger partial charge in [0.05, 0.1) is 0 Å². The number of likely N-dealkylation sites (N-methyl/N-ethyl adjacent to an activating group) is 1. The number of rotatable bonds is 7. The molecule has 0 spiro atoms. The minimum absolute atomic E-state index is 0. The highest BCUT2D eigenvalue weighted by Crippen LogP contribution is 2.06. The van der Waals surface area contributed by atoms with E-state index in [1.807, 2.05) is 0 Å². The monoisotopic (exact) mass is 412 g/mol. The van der Waals surface area contributed by atoms with Crippen molar-refractivity contribution < 1.29 is 4.79 Å². The molecule has 0 aliphatic carbocycles. The first kappa shape index (κ1) is 26.5. The first-order chi connectivity index (χ1) is 10.7. The lowest BCUT2D eigenvalue weighted by molar-refractivity contribution is 0.0951. The highest BCUT2D eigenvalue weighted by atomic mass is 35.5. The molecular weight excluding hydrogens is 383 g/mol. The maximum Gasteiger partial charge on any atom is 0.251 e. The topological polar surface area (TPSA) is 61.6 Å². The lowest BCUT2D eigenvalue weighted by atomic mass is 10.2. The molecule has 0 saturated carbocycles. The largest absolute Gasteiger partial charge is 0.399 e. The van der Waals surface area contributed by atoms with Crippen molar-refractivity contribution in [2.75, 3.05) is 51.5 Å². The Hall–Kier alpha value is -0.720. The molecule has 1 amide bonds. The Morgan fingerprint density at radius 3 is 2.32 bits per heavy atom. The van der Waals surface area contributed by atoms with Crippen LogP contribution in [0.25, 0.3) is 0 Å². The van der Waals surface area contributed by atoms with Crippen LogP contribution in [0.2, 0.25) is 0 Å². The first-order valence-electron chi connectivity index (χ1n) is 8.27. The van der Waals surface area contributed by atoms with Gasteiger partial charge in [-0.05, 0) is 44.1 Å². The second kappa shape index (κ2) is 14.4. The van der Waals surface area contributed by atoms with Crippen LogP contribution in [0.15, 0.2) is 24.3 Å². The van der Waals surface area contributed by atoms with E-state index in [4.69, 9.17) is 5.73 Å². The molecule has 146 valence electrons. The molecule has 8 heteroatoms. The second-order valence-electron chi connectivity index (χ2n) is 5.86. The lowest BCUT2D eigenvalue weighted by Gasteiger charge is -2.33. The third kappa shape index (κ3) is 9.52. The van der Waals surface area contributed by atoms with Crippen LogP contribution in [0.5, 0.6) is 0 Å². The number of carbonyl (C=O) groups excluding carboxylic acids is 1. The van der Waals surface area contributed by atoms with Crippen LogP contribution in [0.1, 0.15) is 30.1 Å². The van der Waals surface area contributed by atoms with E-state index >= 15 is 0 Å². The fraction of sp³-hybridized carbons (Fsp3) is 0.588. The van der Waals surface area contributed by atoms with E-state index in [0.717, 1.165) is 32.5 Å². The molecule has 1 fully saturated rings. The predicted molar refractivity (Wildman–Crippen MR) is 113 cm³/mol. The van der Waals surface area contributed by atoms with E-state index in [-0.39, 0.29) is 43.1 Å². The van der Waals surface area contributed by atoms with Crippen LogP contribution in [0.4, 0.5) is 5.69 Å². The van der Waals surface area contributed by atoms with Gasteiger partial charge in [0.25, 0.3) is 5.91 Å². The summed E-state index contributed by atoms with van der Waals surface area (Å²) in [5.74, 6) is -0.0381. The van der Waals surface area contributed by atoms with Crippen molar-refractivity contribution in [3.05, 3.63) is 29.8 Å². The minimum Gasteiger partial charge on any atom is -0.399 e. The number of halogens is 3. The predicted octanol–water partition coefficient (Wildman–Crippen LogP) is 2.68. The Balaban J connectivity index is 0. The van der Waals surface area contributed by atoms with Gasteiger partial charge in [0.2, 0.25) is 0 Å². The SMILES string of the molecule is CCN1CCN(CCCCNC(=O)c2cccc(N)c2)CC1.Cl.Cl.Cl. The summed E-state index contributed by atoms with van der Waals surface area (Å²) < 4.78 is 0. The highest BCUT2D eigenvalue weighted by molar-refractivity contribution is 5.94. The number of anilines is 1. The maximum atomic E-state index is 11.9. The number of nitrogen functional groups attached to an aromatic ring is 1. The number of amides is 1. The number of nitrogens with zero attached hydrogens (tertiary/aromatic N) is 2.